The molecule has 1 aliphatic rings. The van der Waals surface area contributed by atoms with Crippen LogP contribution in [0.4, 0.5) is 0 Å². The van der Waals surface area contributed by atoms with Gasteiger partial charge < -0.3 is 5.32 Å². The van der Waals surface area contributed by atoms with Crippen molar-refractivity contribution in [2.45, 2.75) is 38.8 Å². The second-order valence-electron chi connectivity index (χ2n) is 4.19. The fourth-order valence-corrected chi connectivity index (χ4v) is 1.83. The lowest BCUT2D eigenvalue weighted by atomic mass is 10.1. The van der Waals surface area contributed by atoms with Gasteiger partial charge in [-0.05, 0) is 32.2 Å². The first kappa shape index (κ1) is 9.71. The summed E-state index contributed by atoms with van der Waals surface area (Å²) in [5, 5.41) is 7.69. The van der Waals surface area contributed by atoms with Crippen molar-refractivity contribution in [3.63, 3.8) is 0 Å². The first-order chi connectivity index (χ1) is 6.83. The number of hydrogen-bond acceptors (Lipinski definition) is 2. The molecule has 0 saturated heterocycles. The first-order valence-corrected chi connectivity index (χ1v) is 5.53. The van der Waals surface area contributed by atoms with Gasteiger partial charge in [0, 0.05) is 24.3 Å². The molecule has 3 heteroatoms. The van der Waals surface area contributed by atoms with Crippen LogP contribution in [0, 0.1) is 5.92 Å². The molecule has 0 amide bonds. The summed E-state index contributed by atoms with van der Waals surface area (Å²) in [4.78, 5) is 0. The molecule has 1 aliphatic carbocycles. The molecule has 0 aliphatic heterocycles. The largest absolute Gasteiger partial charge is 0.313 e. The Morgan fingerprint density at radius 1 is 1.64 bits per heavy atom. The maximum atomic E-state index is 4.39. The molecule has 1 aromatic heterocycles. The molecule has 3 nitrogen and oxygen atoms in total. The average molecular weight is 193 g/mol. The second-order valence-corrected chi connectivity index (χ2v) is 4.19. The maximum absolute atomic E-state index is 4.39. The third-order valence-corrected chi connectivity index (χ3v) is 2.95. The SMILES string of the molecule is CCC(NC)c1cnn(CC2CC2)c1. The fraction of sp³-hybridized carbons (Fsp3) is 0.727. The molecule has 1 unspecified atom stereocenters. The lowest BCUT2D eigenvalue weighted by Gasteiger charge is -2.10. The van der Waals surface area contributed by atoms with Crippen molar-refractivity contribution < 1.29 is 0 Å². The molecular weight excluding hydrogens is 174 g/mol. The van der Waals surface area contributed by atoms with E-state index in [4.69, 9.17) is 0 Å². The van der Waals surface area contributed by atoms with Crippen molar-refractivity contribution in [1.29, 1.82) is 0 Å². The highest BCUT2D eigenvalue weighted by atomic mass is 15.3. The van der Waals surface area contributed by atoms with Crippen LogP contribution in [-0.2, 0) is 6.54 Å². The Morgan fingerprint density at radius 3 is 3.00 bits per heavy atom. The van der Waals surface area contributed by atoms with Gasteiger partial charge in [0.1, 0.15) is 0 Å². The molecule has 0 aromatic carbocycles. The van der Waals surface area contributed by atoms with Crippen LogP contribution in [-0.4, -0.2) is 16.8 Å². The van der Waals surface area contributed by atoms with E-state index in [9.17, 15) is 0 Å². The van der Waals surface area contributed by atoms with Crippen LogP contribution in [0.2, 0.25) is 0 Å². The second kappa shape index (κ2) is 4.13. The predicted molar refractivity (Wildman–Crippen MR) is 57.0 cm³/mol. The van der Waals surface area contributed by atoms with Gasteiger partial charge in [0.05, 0.1) is 6.20 Å². The Bertz CT molecular complexity index is 284. The third-order valence-electron chi connectivity index (χ3n) is 2.95. The lowest BCUT2D eigenvalue weighted by Crippen LogP contribution is -2.14. The van der Waals surface area contributed by atoms with Crippen molar-refractivity contribution in [1.82, 2.24) is 15.1 Å². The number of hydrogen-bond donors (Lipinski definition) is 1. The van der Waals surface area contributed by atoms with Gasteiger partial charge in [-0.15, -0.1) is 0 Å². The van der Waals surface area contributed by atoms with Crippen molar-refractivity contribution in [2.24, 2.45) is 5.92 Å². The van der Waals surface area contributed by atoms with Crippen molar-refractivity contribution in [2.75, 3.05) is 7.05 Å². The molecule has 2 rings (SSSR count). The zero-order valence-electron chi connectivity index (χ0n) is 9.03. The van der Waals surface area contributed by atoms with Gasteiger partial charge in [0.2, 0.25) is 0 Å². The summed E-state index contributed by atoms with van der Waals surface area (Å²) in [6, 6.07) is 0.461. The number of aromatic nitrogens is 2. The normalized spacial score (nSPS) is 18.4. The fourth-order valence-electron chi connectivity index (χ4n) is 1.83. The van der Waals surface area contributed by atoms with Crippen LogP contribution >= 0.6 is 0 Å². The van der Waals surface area contributed by atoms with Crippen LogP contribution in [0.3, 0.4) is 0 Å². The summed E-state index contributed by atoms with van der Waals surface area (Å²) in [5.41, 5.74) is 1.32. The van der Waals surface area contributed by atoms with Crippen LogP contribution in [0.1, 0.15) is 37.8 Å². The summed E-state index contributed by atoms with van der Waals surface area (Å²) in [6.07, 6.45) is 8.07. The highest BCUT2D eigenvalue weighted by molar-refractivity contribution is 5.10. The number of nitrogens with zero attached hydrogens (tertiary/aromatic N) is 2. The van der Waals surface area contributed by atoms with E-state index in [1.807, 2.05) is 13.2 Å². The van der Waals surface area contributed by atoms with E-state index in [-0.39, 0.29) is 0 Å². The molecule has 14 heavy (non-hydrogen) atoms. The first-order valence-electron chi connectivity index (χ1n) is 5.53. The van der Waals surface area contributed by atoms with Gasteiger partial charge in [-0.3, -0.25) is 4.68 Å². The predicted octanol–water partition coefficient (Wildman–Crippen LogP) is 1.96. The summed E-state index contributed by atoms with van der Waals surface area (Å²) in [6.45, 7) is 3.31. The van der Waals surface area contributed by atoms with E-state index in [2.05, 4.69) is 28.2 Å². The Balaban J connectivity index is 1.99. The minimum absolute atomic E-state index is 0.461. The van der Waals surface area contributed by atoms with Crippen molar-refractivity contribution in [3.8, 4) is 0 Å². The average Bonchev–Trinajstić information content (AvgIpc) is 2.88. The van der Waals surface area contributed by atoms with Gasteiger partial charge in [-0.1, -0.05) is 6.92 Å². The van der Waals surface area contributed by atoms with Crippen LogP contribution in [0.5, 0.6) is 0 Å². The zero-order chi connectivity index (χ0) is 9.97. The molecule has 0 bridgehead atoms. The highest BCUT2D eigenvalue weighted by Gasteiger charge is 2.22. The molecule has 0 radical (unpaired) electrons. The molecule has 1 N–H and O–H groups in total. The van der Waals surface area contributed by atoms with E-state index in [0.717, 1.165) is 18.9 Å². The Labute approximate surface area is 85.5 Å². The molecule has 1 saturated carbocycles. The summed E-state index contributed by atoms with van der Waals surface area (Å²) >= 11 is 0. The van der Waals surface area contributed by atoms with Gasteiger partial charge in [0.15, 0.2) is 0 Å². The van der Waals surface area contributed by atoms with Crippen molar-refractivity contribution in [3.05, 3.63) is 18.0 Å². The van der Waals surface area contributed by atoms with Crippen molar-refractivity contribution >= 4 is 0 Å². The van der Waals surface area contributed by atoms with Crippen LogP contribution in [0.25, 0.3) is 0 Å². The summed E-state index contributed by atoms with van der Waals surface area (Å²) in [7, 11) is 2.01. The van der Waals surface area contributed by atoms with E-state index in [0.29, 0.717) is 6.04 Å². The van der Waals surface area contributed by atoms with Gasteiger partial charge in [-0.25, -0.2) is 0 Å². The number of rotatable bonds is 5. The molecule has 1 heterocycles. The van der Waals surface area contributed by atoms with Gasteiger partial charge in [-0.2, -0.15) is 5.10 Å². The van der Waals surface area contributed by atoms with Gasteiger partial charge in [0.25, 0.3) is 0 Å². The number of nitrogens with one attached hydrogen (secondary N) is 1. The van der Waals surface area contributed by atoms with Crippen LogP contribution < -0.4 is 5.32 Å². The van der Waals surface area contributed by atoms with Gasteiger partial charge >= 0.3 is 0 Å². The summed E-state index contributed by atoms with van der Waals surface area (Å²) in [5.74, 6) is 0.900. The topological polar surface area (TPSA) is 29.9 Å². The lowest BCUT2D eigenvalue weighted by molar-refractivity contribution is 0.554. The molecule has 0 spiro atoms. The zero-order valence-corrected chi connectivity index (χ0v) is 9.03. The molecular formula is C11H19N3. The minimum atomic E-state index is 0.461. The minimum Gasteiger partial charge on any atom is -0.313 e. The molecule has 1 fully saturated rings. The highest BCUT2D eigenvalue weighted by Crippen LogP contribution is 2.30. The van der Waals surface area contributed by atoms with E-state index >= 15 is 0 Å². The Hall–Kier alpha value is -0.830. The van der Waals surface area contributed by atoms with Crippen LogP contribution in [0.15, 0.2) is 12.4 Å². The third kappa shape index (κ3) is 2.15. The van der Waals surface area contributed by atoms with E-state index in [1.165, 1.54) is 18.4 Å². The molecule has 1 aromatic rings. The Morgan fingerprint density at radius 2 is 2.43 bits per heavy atom. The standard InChI is InChI=1S/C11H19N3/c1-3-11(12-2)10-6-13-14(8-10)7-9-4-5-9/h6,8-9,11-12H,3-5,7H2,1-2H3. The summed E-state index contributed by atoms with van der Waals surface area (Å²) < 4.78 is 2.09. The Kier molecular flexibility index (Phi) is 2.87. The molecule has 78 valence electrons. The monoisotopic (exact) mass is 193 g/mol. The van der Waals surface area contributed by atoms with E-state index < -0.39 is 0 Å². The van der Waals surface area contributed by atoms with E-state index in [1.54, 1.807) is 0 Å². The smallest absolute Gasteiger partial charge is 0.0537 e. The molecule has 1 atom stereocenters. The quantitative estimate of drug-likeness (QED) is 0.774. The maximum Gasteiger partial charge on any atom is 0.0537 e.